The molecule has 0 unspecified atom stereocenters. The lowest BCUT2D eigenvalue weighted by atomic mass is 10.1. The molecular weight excluding hydrogens is 366 g/mol. The number of benzene rings is 1. The summed E-state index contributed by atoms with van der Waals surface area (Å²) in [5, 5.41) is 17.5. The molecule has 6 nitrogen and oxygen atoms in total. The van der Waals surface area contributed by atoms with Crippen LogP contribution in [0.4, 0.5) is 0 Å². The first-order chi connectivity index (χ1) is 12.8. The SMILES string of the molecule is O=C(NC1CC1)[C@H](Sc1nnnn1CCc1cccs1)c1ccccc1. The van der Waals surface area contributed by atoms with E-state index in [2.05, 4.69) is 32.3 Å². The maximum Gasteiger partial charge on any atom is 0.238 e. The van der Waals surface area contributed by atoms with E-state index in [-0.39, 0.29) is 11.2 Å². The number of nitrogens with one attached hydrogen (secondary N) is 1. The van der Waals surface area contributed by atoms with Gasteiger partial charge in [0.05, 0.1) is 6.54 Å². The number of carbonyl (C=O) groups excluding carboxylic acids is 1. The van der Waals surface area contributed by atoms with Crippen LogP contribution in [0.25, 0.3) is 0 Å². The van der Waals surface area contributed by atoms with Gasteiger partial charge in [-0.1, -0.05) is 48.2 Å². The third-order valence-corrected chi connectivity index (χ3v) is 6.30. The highest BCUT2D eigenvalue weighted by atomic mass is 32.2. The Balaban J connectivity index is 1.50. The van der Waals surface area contributed by atoms with E-state index >= 15 is 0 Å². The number of nitrogens with zero attached hydrogens (tertiary/aromatic N) is 4. The minimum Gasteiger partial charge on any atom is -0.352 e. The fraction of sp³-hybridized carbons (Fsp3) is 0.333. The van der Waals surface area contributed by atoms with Crippen molar-refractivity contribution in [2.45, 2.75) is 42.3 Å². The standard InChI is InChI=1S/C18H19N5OS2/c24-17(19-14-8-9-14)16(13-5-2-1-3-6-13)26-18-20-21-22-23(18)11-10-15-7-4-12-25-15/h1-7,12,14,16H,8-11H2,(H,19,24)/t16-/m1/s1. The Bertz CT molecular complexity index is 846. The highest BCUT2D eigenvalue weighted by molar-refractivity contribution is 8.00. The van der Waals surface area contributed by atoms with Gasteiger partial charge in [-0.25, -0.2) is 4.68 Å². The molecular formula is C18H19N5OS2. The summed E-state index contributed by atoms with van der Waals surface area (Å²) in [6.45, 7) is 0.696. The molecule has 0 saturated heterocycles. The summed E-state index contributed by atoms with van der Waals surface area (Å²) in [6.07, 6.45) is 3.01. The first-order valence-electron chi connectivity index (χ1n) is 8.60. The lowest BCUT2D eigenvalue weighted by Gasteiger charge is -2.16. The van der Waals surface area contributed by atoms with Crippen LogP contribution in [0, 0.1) is 0 Å². The van der Waals surface area contributed by atoms with E-state index < -0.39 is 0 Å². The Labute approximate surface area is 160 Å². The summed E-state index contributed by atoms with van der Waals surface area (Å²) in [6, 6.07) is 14.3. The molecule has 1 amide bonds. The van der Waals surface area contributed by atoms with Crippen LogP contribution < -0.4 is 5.32 Å². The number of thiophene rings is 1. The highest BCUT2D eigenvalue weighted by Gasteiger charge is 2.30. The van der Waals surface area contributed by atoms with Crippen molar-refractivity contribution in [1.82, 2.24) is 25.5 Å². The van der Waals surface area contributed by atoms with Gasteiger partial charge in [0.1, 0.15) is 5.25 Å². The largest absolute Gasteiger partial charge is 0.352 e. The van der Waals surface area contributed by atoms with Crippen molar-refractivity contribution in [3.8, 4) is 0 Å². The van der Waals surface area contributed by atoms with Crippen molar-refractivity contribution in [2.75, 3.05) is 0 Å². The van der Waals surface area contributed by atoms with E-state index in [1.165, 1.54) is 16.6 Å². The first kappa shape index (κ1) is 17.2. The number of hydrogen-bond acceptors (Lipinski definition) is 6. The van der Waals surface area contributed by atoms with Gasteiger partial charge in [0, 0.05) is 17.3 Å². The zero-order chi connectivity index (χ0) is 17.8. The number of carbonyl (C=O) groups is 1. The van der Waals surface area contributed by atoms with Crippen LogP contribution in [0.2, 0.25) is 0 Å². The van der Waals surface area contributed by atoms with Gasteiger partial charge < -0.3 is 5.32 Å². The number of rotatable bonds is 8. The zero-order valence-corrected chi connectivity index (χ0v) is 15.7. The molecule has 8 heteroatoms. The summed E-state index contributed by atoms with van der Waals surface area (Å²) in [5.74, 6) is 0.0245. The van der Waals surface area contributed by atoms with Crippen molar-refractivity contribution >= 4 is 29.0 Å². The van der Waals surface area contributed by atoms with Crippen LogP contribution in [0.3, 0.4) is 0 Å². The van der Waals surface area contributed by atoms with Crippen molar-refractivity contribution in [2.24, 2.45) is 0 Å². The molecule has 2 aromatic heterocycles. The molecule has 1 saturated carbocycles. The maximum absolute atomic E-state index is 12.8. The lowest BCUT2D eigenvalue weighted by molar-refractivity contribution is -0.120. The van der Waals surface area contributed by atoms with Crippen LogP contribution in [-0.2, 0) is 17.8 Å². The van der Waals surface area contributed by atoms with Gasteiger partial charge in [-0.2, -0.15) is 0 Å². The molecule has 1 aliphatic rings. The van der Waals surface area contributed by atoms with Crippen LogP contribution in [0.15, 0.2) is 53.0 Å². The molecule has 1 aliphatic carbocycles. The second-order valence-electron chi connectivity index (χ2n) is 6.21. The first-order valence-corrected chi connectivity index (χ1v) is 10.4. The molecule has 0 aliphatic heterocycles. The topological polar surface area (TPSA) is 72.7 Å². The fourth-order valence-corrected chi connectivity index (χ4v) is 4.31. The van der Waals surface area contributed by atoms with E-state index in [0.717, 1.165) is 24.8 Å². The number of tetrazole rings is 1. The third kappa shape index (κ3) is 4.31. The van der Waals surface area contributed by atoms with E-state index in [0.29, 0.717) is 17.7 Å². The number of aromatic nitrogens is 4. The van der Waals surface area contributed by atoms with Gasteiger partial charge in [0.2, 0.25) is 11.1 Å². The molecule has 4 rings (SSSR count). The highest BCUT2D eigenvalue weighted by Crippen LogP contribution is 2.35. The van der Waals surface area contributed by atoms with Gasteiger partial charge in [-0.15, -0.1) is 16.4 Å². The summed E-state index contributed by atoms with van der Waals surface area (Å²) in [7, 11) is 0. The second-order valence-corrected chi connectivity index (χ2v) is 8.31. The molecule has 1 aromatic carbocycles. The molecule has 1 atom stereocenters. The van der Waals surface area contributed by atoms with E-state index in [9.17, 15) is 4.79 Å². The van der Waals surface area contributed by atoms with Crippen LogP contribution in [-0.4, -0.2) is 32.2 Å². The maximum atomic E-state index is 12.8. The van der Waals surface area contributed by atoms with Gasteiger partial charge in [-0.05, 0) is 40.3 Å². The van der Waals surface area contributed by atoms with Gasteiger partial charge >= 0.3 is 0 Å². The zero-order valence-electron chi connectivity index (χ0n) is 14.1. The van der Waals surface area contributed by atoms with Crippen molar-refractivity contribution in [3.05, 3.63) is 58.3 Å². The third-order valence-electron chi connectivity index (χ3n) is 4.14. The van der Waals surface area contributed by atoms with Crippen LogP contribution in [0.1, 0.15) is 28.5 Å². The molecule has 0 spiro atoms. The van der Waals surface area contributed by atoms with Gasteiger partial charge in [0.25, 0.3) is 0 Å². The minimum atomic E-state index is -0.358. The molecule has 134 valence electrons. The minimum absolute atomic E-state index is 0.0245. The monoisotopic (exact) mass is 385 g/mol. The average molecular weight is 386 g/mol. The Hall–Kier alpha value is -2.19. The molecule has 0 bridgehead atoms. The van der Waals surface area contributed by atoms with Crippen LogP contribution in [0.5, 0.6) is 0 Å². The van der Waals surface area contributed by atoms with Gasteiger partial charge in [0.15, 0.2) is 0 Å². The summed E-state index contributed by atoms with van der Waals surface area (Å²) < 4.78 is 1.78. The molecule has 1 fully saturated rings. The normalized spacial score (nSPS) is 14.9. The molecule has 1 N–H and O–H groups in total. The molecule has 26 heavy (non-hydrogen) atoms. The Morgan fingerprint density at radius 2 is 2.12 bits per heavy atom. The number of amides is 1. The average Bonchev–Trinajstić information content (AvgIpc) is 3.14. The van der Waals surface area contributed by atoms with E-state index in [1.54, 1.807) is 16.0 Å². The van der Waals surface area contributed by atoms with Crippen LogP contribution >= 0.6 is 23.1 Å². The Morgan fingerprint density at radius 1 is 1.27 bits per heavy atom. The van der Waals surface area contributed by atoms with E-state index in [4.69, 9.17) is 0 Å². The Morgan fingerprint density at radius 3 is 2.85 bits per heavy atom. The summed E-state index contributed by atoms with van der Waals surface area (Å²) in [4.78, 5) is 14.1. The molecule has 2 heterocycles. The molecule has 0 radical (unpaired) electrons. The number of thioether (sulfide) groups is 1. The lowest BCUT2D eigenvalue weighted by Crippen LogP contribution is -2.30. The van der Waals surface area contributed by atoms with Crippen molar-refractivity contribution < 1.29 is 4.79 Å². The van der Waals surface area contributed by atoms with E-state index in [1.807, 2.05) is 36.4 Å². The predicted molar refractivity (Wildman–Crippen MR) is 102 cm³/mol. The number of hydrogen-bond donors (Lipinski definition) is 1. The summed E-state index contributed by atoms with van der Waals surface area (Å²) in [5.41, 5.74) is 0.962. The molecule has 3 aromatic rings. The quantitative estimate of drug-likeness (QED) is 0.603. The predicted octanol–water partition coefficient (Wildman–Crippen LogP) is 3.09. The Kier molecular flexibility index (Phi) is 5.31. The fourth-order valence-electron chi connectivity index (χ4n) is 2.60. The smallest absolute Gasteiger partial charge is 0.238 e. The summed E-state index contributed by atoms with van der Waals surface area (Å²) >= 11 is 3.14. The second kappa shape index (κ2) is 8.01. The van der Waals surface area contributed by atoms with Crippen molar-refractivity contribution in [3.63, 3.8) is 0 Å². The van der Waals surface area contributed by atoms with Gasteiger partial charge in [-0.3, -0.25) is 4.79 Å². The number of aryl methyl sites for hydroxylation is 2. The van der Waals surface area contributed by atoms with Crippen molar-refractivity contribution in [1.29, 1.82) is 0 Å².